The van der Waals surface area contributed by atoms with Gasteiger partial charge in [-0.2, -0.15) is 11.3 Å². The first-order chi connectivity index (χ1) is 11.1. The molecule has 4 heteroatoms. The van der Waals surface area contributed by atoms with Gasteiger partial charge in [-0.15, -0.1) is 0 Å². The van der Waals surface area contributed by atoms with E-state index in [4.69, 9.17) is 0 Å². The van der Waals surface area contributed by atoms with Gasteiger partial charge in [0.05, 0.1) is 5.60 Å². The lowest BCUT2D eigenvalue weighted by Crippen LogP contribution is -2.46. The SMILES string of the molecule is CC(O)(CNC1CCN(Cc2ccccc2)CC1)c1ccsc1. The molecule has 0 amide bonds. The van der Waals surface area contributed by atoms with E-state index in [9.17, 15) is 5.11 Å². The van der Waals surface area contributed by atoms with Crippen molar-refractivity contribution in [1.82, 2.24) is 10.2 Å². The number of nitrogens with one attached hydrogen (secondary N) is 1. The van der Waals surface area contributed by atoms with Gasteiger partial charge < -0.3 is 10.4 Å². The molecule has 2 aromatic rings. The summed E-state index contributed by atoms with van der Waals surface area (Å²) in [5.74, 6) is 0. The molecule has 1 aliphatic heterocycles. The Kier molecular flexibility index (Phi) is 5.49. The third-order valence-electron chi connectivity index (χ3n) is 4.71. The second kappa shape index (κ2) is 7.58. The van der Waals surface area contributed by atoms with Gasteiger partial charge in [0.15, 0.2) is 0 Å². The molecule has 3 rings (SSSR count). The quantitative estimate of drug-likeness (QED) is 0.854. The molecule has 2 N–H and O–H groups in total. The Balaban J connectivity index is 1.43. The number of aliphatic hydroxyl groups is 1. The topological polar surface area (TPSA) is 35.5 Å². The summed E-state index contributed by atoms with van der Waals surface area (Å²) in [5, 5.41) is 18.2. The summed E-state index contributed by atoms with van der Waals surface area (Å²) < 4.78 is 0. The number of thiophene rings is 1. The first-order valence-electron chi connectivity index (χ1n) is 8.38. The average Bonchev–Trinajstić information content (AvgIpc) is 3.11. The van der Waals surface area contributed by atoms with Gasteiger partial charge in [-0.25, -0.2) is 0 Å². The lowest BCUT2D eigenvalue weighted by molar-refractivity contribution is 0.0503. The van der Waals surface area contributed by atoms with Crippen LogP contribution in [0, 0.1) is 0 Å². The fourth-order valence-corrected chi connectivity index (χ4v) is 3.94. The average molecular weight is 330 g/mol. The largest absolute Gasteiger partial charge is 0.384 e. The van der Waals surface area contributed by atoms with Crippen molar-refractivity contribution in [1.29, 1.82) is 0 Å². The molecule has 1 aliphatic rings. The summed E-state index contributed by atoms with van der Waals surface area (Å²) in [5.41, 5.74) is 1.62. The molecule has 0 saturated carbocycles. The minimum absolute atomic E-state index is 0.507. The smallest absolute Gasteiger partial charge is 0.1000 e. The first kappa shape index (κ1) is 16.7. The number of piperidine rings is 1. The van der Waals surface area contributed by atoms with Crippen molar-refractivity contribution in [3.63, 3.8) is 0 Å². The van der Waals surface area contributed by atoms with Crippen LogP contribution in [0.1, 0.15) is 30.9 Å². The van der Waals surface area contributed by atoms with Crippen LogP contribution in [0.5, 0.6) is 0 Å². The van der Waals surface area contributed by atoms with Gasteiger partial charge >= 0.3 is 0 Å². The van der Waals surface area contributed by atoms with Gasteiger partial charge in [-0.3, -0.25) is 4.90 Å². The normalized spacial score (nSPS) is 19.6. The van der Waals surface area contributed by atoms with Crippen LogP contribution in [0.25, 0.3) is 0 Å². The molecule has 1 fully saturated rings. The zero-order valence-corrected chi connectivity index (χ0v) is 14.6. The maximum absolute atomic E-state index is 10.6. The zero-order chi connectivity index (χ0) is 16.1. The molecule has 1 aromatic heterocycles. The van der Waals surface area contributed by atoms with Gasteiger partial charge in [0.25, 0.3) is 0 Å². The number of hydrogen-bond acceptors (Lipinski definition) is 4. The number of benzene rings is 1. The van der Waals surface area contributed by atoms with Gasteiger partial charge in [-0.05, 0) is 60.8 Å². The summed E-state index contributed by atoms with van der Waals surface area (Å²) in [6, 6.07) is 13.2. The standard InChI is InChI=1S/C19H26N2OS/c1-19(22,17-9-12-23-14-17)15-20-18-7-10-21(11-8-18)13-16-5-3-2-4-6-16/h2-6,9,12,14,18,20,22H,7-8,10-11,13,15H2,1H3. The highest BCUT2D eigenvalue weighted by molar-refractivity contribution is 7.08. The molecular weight excluding hydrogens is 304 g/mol. The van der Waals surface area contributed by atoms with Gasteiger partial charge in [0.2, 0.25) is 0 Å². The van der Waals surface area contributed by atoms with E-state index in [1.54, 1.807) is 11.3 Å². The molecule has 2 heterocycles. The first-order valence-corrected chi connectivity index (χ1v) is 9.32. The highest BCUT2D eigenvalue weighted by Crippen LogP contribution is 2.23. The molecule has 0 radical (unpaired) electrons. The second-order valence-corrected chi connectivity index (χ2v) is 7.48. The predicted octanol–water partition coefficient (Wildman–Crippen LogP) is 3.21. The van der Waals surface area contributed by atoms with Crippen molar-refractivity contribution in [3.05, 3.63) is 58.3 Å². The van der Waals surface area contributed by atoms with Crippen LogP contribution in [0.2, 0.25) is 0 Å². The van der Waals surface area contributed by atoms with Crippen LogP contribution < -0.4 is 5.32 Å². The summed E-state index contributed by atoms with van der Waals surface area (Å²) in [6.45, 7) is 5.79. The van der Waals surface area contributed by atoms with Crippen LogP contribution >= 0.6 is 11.3 Å². The van der Waals surface area contributed by atoms with Crippen molar-refractivity contribution in [2.45, 2.75) is 38.0 Å². The van der Waals surface area contributed by atoms with Gasteiger partial charge in [-0.1, -0.05) is 30.3 Å². The molecule has 0 aliphatic carbocycles. The molecule has 3 nitrogen and oxygen atoms in total. The minimum Gasteiger partial charge on any atom is -0.384 e. The van der Waals surface area contributed by atoms with E-state index in [0.29, 0.717) is 12.6 Å². The Morgan fingerprint density at radius 2 is 1.96 bits per heavy atom. The number of hydrogen-bond donors (Lipinski definition) is 2. The van der Waals surface area contributed by atoms with Crippen molar-refractivity contribution >= 4 is 11.3 Å². The summed E-state index contributed by atoms with van der Waals surface area (Å²) in [6.07, 6.45) is 2.29. The van der Waals surface area contributed by atoms with E-state index in [2.05, 4.69) is 40.5 Å². The lowest BCUT2D eigenvalue weighted by Gasteiger charge is -2.34. The van der Waals surface area contributed by atoms with Crippen LogP contribution in [0.15, 0.2) is 47.2 Å². The second-order valence-electron chi connectivity index (χ2n) is 6.70. The van der Waals surface area contributed by atoms with Crippen LogP contribution in [0.3, 0.4) is 0 Å². The number of likely N-dealkylation sites (tertiary alicyclic amines) is 1. The van der Waals surface area contributed by atoms with E-state index >= 15 is 0 Å². The molecule has 0 spiro atoms. The molecule has 1 atom stereocenters. The monoisotopic (exact) mass is 330 g/mol. The maximum Gasteiger partial charge on any atom is 0.1000 e. The van der Waals surface area contributed by atoms with Crippen molar-refractivity contribution < 1.29 is 5.11 Å². The van der Waals surface area contributed by atoms with E-state index in [-0.39, 0.29) is 0 Å². The van der Waals surface area contributed by atoms with Crippen LogP contribution in [-0.2, 0) is 12.1 Å². The minimum atomic E-state index is -0.777. The Morgan fingerprint density at radius 3 is 2.61 bits per heavy atom. The van der Waals surface area contributed by atoms with Crippen molar-refractivity contribution in [2.75, 3.05) is 19.6 Å². The Morgan fingerprint density at radius 1 is 1.22 bits per heavy atom. The molecule has 124 valence electrons. The molecule has 1 aromatic carbocycles. The summed E-state index contributed by atoms with van der Waals surface area (Å²) >= 11 is 1.63. The van der Waals surface area contributed by atoms with Crippen molar-refractivity contribution in [2.24, 2.45) is 0 Å². The van der Waals surface area contributed by atoms with Crippen molar-refractivity contribution in [3.8, 4) is 0 Å². The fraction of sp³-hybridized carbons (Fsp3) is 0.474. The zero-order valence-electron chi connectivity index (χ0n) is 13.7. The summed E-state index contributed by atoms with van der Waals surface area (Å²) in [7, 11) is 0. The molecule has 23 heavy (non-hydrogen) atoms. The number of nitrogens with zero attached hydrogens (tertiary/aromatic N) is 1. The molecule has 1 saturated heterocycles. The van der Waals surface area contributed by atoms with E-state index in [1.165, 1.54) is 5.56 Å². The Hall–Kier alpha value is -1.20. The molecule has 1 unspecified atom stereocenters. The van der Waals surface area contributed by atoms with E-state index < -0.39 is 5.60 Å². The van der Waals surface area contributed by atoms with Gasteiger partial charge in [0, 0.05) is 19.1 Å². The van der Waals surface area contributed by atoms with Gasteiger partial charge in [0.1, 0.15) is 0 Å². The fourth-order valence-electron chi connectivity index (χ4n) is 3.15. The highest BCUT2D eigenvalue weighted by Gasteiger charge is 2.26. The maximum atomic E-state index is 10.6. The third kappa shape index (κ3) is 4.64. The highest BCUT2D eigenvalue weighted by atomic mass is 32.1. The number of rotatable bonds is 6. The Bertz CT molecular complexity index is 575. The molecule has 0 bridgehead atoms. The third-order valence-corrected chi connectivity index (χ3v) is 5.40. The summed E-state index contributed by atoms with van der Waals surface area (Å²) in [4.78, 5) is 2.52. The van der Waals surface area contributed by atoms with Crippen LogP contribution in [0.4, 0.5) is 0 Å². The van der Waals surface area contributed by atoms with Crippen LogP contribution in [-0.4, -0.2) is 35.7 Å². The Labute approximate surface area is 143 Å². The van der Waals surface area contributed by atoms with E-state index in [0.717, 1.165) is 38.0 Å². The lowest BCUT2D eigenvalue weighted by atomic mass is 9.97. The molecular formula is C19H26N2OS. The van der Waals surface area contributed by atoms with E-state index in [1.807, 2.05) is 23.8 Å². The predicted molar refractivity (Wildman–Crippen MR) is 96.6 cm³/mol.